The highest BCUT2D eigenvalue weighted by molar-refractivity contribution is 5.84. The molecule has 5 aromatic carbocycles. The predicted molar refractivity (Wildman–Crippen MR) is 196 cm³/mol. The summed E-state index contributed by atoms with van der Waals surface area (Å²) < 4.78 is 0. The smallest absolute Gasteiger partial charge is 0.0414 e. The van der Waals surface area contributed by atoms with Crippen LogP contribution in [0.4, 0.5) is 11.4 Å². The second kappa shape index (κ2) is 13.9. The molecular formula is C44H49N. The molecule has 0 bridgehead atoms. The Kier molecular flexibility index (Phi) is 9.55. The highest BCUT2D eigenvalue weighted by atomic mass is 15.1. The summed E-state index contributed by atoms with van der Waals surface area (Å²) in [5.41, 5.74) is 14.9. The summed E-state index contributed by atoms with van der Waals surface area (Å²) >= 11 is 0. The van der Waals surface area contributed by atoms with Crippen LogP contribution in [0, 0.1) is 6.92 Å². The molecule has 1 unspecified atom stereocenters. The van der Waals surface area contributed by atoms with E-state index in [0.29, 0.717) is 0 Å². The first-order valence-electron chi connectivity index (χ1n) is 17.3. The molecule has 1 atom stereocenters. The quantitative estimate of drug-likeness (QED) is 0.123. The van der Waals surface area contributed by atoms with Crippen LogP contribution in [0.1, 0.15) is 88.3 Å². The average molecular weight is 592 g/mol. The lowest BCUT2D eigenvalue weighted by atomic mass is 9.70. The van der Waals surface area contributed by atoms with Gasteiger partial charge in [0.25, 0.3) is 0 Å². The Morgan fingerprint density at radius 1 is 0.489 bits per heavy atom. The van der Waals surface area contributed by atoms with Crippen molar-refractivity contribution >= 4 is 11.4 Å². The van der Waals surface area contributed by atoms with Crippen LogP contribution in [-0.4, -0.2) is 7.05 Å². The second-order valence-corrected chi connectivity index (χ2v) is 13.2. The minimum absolute atomic E-state index is 0.101. The van der Waals surface area contributed by atoms with Gasteiger partial charge in [0.15, 0.2) is 0 Å². The standard InChI is InChI=1S/C44H49N/c1-5-7-9-13-28-44(27-12-8-6-2)42-24-11-10-23-40(42)41-26-25-39(32-43(41)44)45(4)38-22-16-21-37(31-38)36-20-15-19-35(30-36)34-18-14-17-33(3)29-34/h10-11,14-26,29-32H,5-9,12-13,27-28H2,1-4H3. The molecule has 1 heteroatoms. The fraction of sp³-hybridized carbons (Fsp3) is 0.318. The summed E-state index contributed by atoms with van der Waals surface area (Å²) in [5.74, 6) is 0. The number of anilines is 2. The third kappa shape index (κ3) is 6.36. The SMILES string of the molecule is CCCCCCC1(CCCCC)c2ccccc2-c2ccc(N(C)c3cccc(-c4cccc(-c5cccc(C)c5)c4)c3)cc21. The zero-order valence-corrected chi connectivity index (χ0v) is 27.8. The third-order valence-corrected chi connectivity index (χ3v) is 10.1. The number of fused-ring (bicyclic) bond motifs is 3. The van der Waals surface area contributed by atoms with Crippen molar-refractivity contribution in [1.82, 2.24) is 0 Å². The first-order valence-corrected chi connectivity index (χ1v) is 17.3. The lowest BCUT2D eigenvalue weighted by Crippen LogP contribution is -2.26. The number of unbranched alkanes of at least 4 members (excludes halogenated alkanes) is 5. The summed E-state index contributed by atoms with van der Waals surface area (Å²) in [4.78, 5) is 2.38. The van der Waals surface area contributed by atoms with Gasteiger partial charge in [-0.2, -0.15) is 0 Å². The second-order valence-electron chi connectivity index (χ2n) is 13.2. The molecule has 1 aliphatic rings. The highest BCUT2D eigenvalue weighted by Crippen LogP contribution is 2.55. The molecule has 6 rings (SSSR count). The first kappa shape index (κ1) is 30.9. The topological polar surface area (TPSA) is 3.24 Å². The Labute approximate surface area is 272 Å². The molecule has 0 aromatic heterocycles. The van der Waals surface area contributed by atoms with Crippen LogP contribution in [0.2, 0.25) is 0 Å². The maximum atomic E-state index is 2.53. The van der Waals surface area contributed by atoms with Gasteiger partial charge in [-0.15, -0.1) is 0 Å². The molecule has 5 aromatic rings. The van der Waals surface area contributed by atoms with E-state index in [-0.39, 0.29) is 5.41 Å². The third-order valence-electron chi connectivity index (χ3n) is 10.1. The Morgan fingerprint density at radius 2 is 1.07 bits per heavy atom. The molecule has 0 amide bonds. The summed E-state index contributed by atoms with van der Waals surface area (Å²) in [6, 6.07) is 43.3. The van der Waals surface area contributed by atoms with E-state index < -0.39 is 0 Å². The van der Waals surface area contributed by atoms with Gasteiger partial charge >= 0.3 is 0 Å². The van der Waals surface area contributed by atoms with Gasteiger partial charge in [0.2, 0.25) is 0 Å². The molecule has 45 heavy (non-hydrogen) atoms. The minimum atomic E-state index is 0.101. The van der Waals surface area contributed by atoms with Crippen molar-refractivity contribution in [1.29, 1.82) is 0 Å². The molecule has 230 valence electrons. The van der Waals surface area contributed by atoms with E-state index in [9.17, 15) is 0 Å². The molecule has 0 saturated heterocycles. The van der Waals surface area contributed by atoms with Crippen molar-refractivity contribution in [3.05, 3.63) is 132 Å². The Morgan fingerprint density at radius 3 is 1.80 bits per heavy atom. The van der Waals surface area contributed by atoms with Crippen molar-refractivity contribution in [3.63, 3.8) is 0 Å². The first-order chi connectivity index (χ1) is 22.0. The number of hydrogen-bond acceptors (Lipinski definition) is 1. The van der Waals surface area contributed by atoms with Crippen molar-refractivity contribution in [2.45, 2.75) is 84.0 Å². The van der Waals surface area contributed by atoms with E-state index in [1.165, 1.54) is 108 Å². The summed E-state index contributed by atoms with van der Waals surface area (Å²) in [5, 5.41) is 0. The van der Waals surface area contributed by atoms with Crippen LogP contribution in [0.25, 0.3) is 33.4 Å². The van der Waals surface area contributed by atoms with Gasteiger partial charge in [0.05, 0.1) is 0 Å². The largest absolute Gasteiger partial charge is 0.345 e. The Bertz CT molecular complexity index is 1750. The van der Waals surface area contributed by atoms with Crippen LogP contribution in [0.3, 0.4) is 0 Å². The van der Waals surface area contributed by atoms with E-state index in [2.05, 4.69) is 148 Å². The minimum Gasteiger partial charge on any atom is -0.345 e. The molecule has 1 aliphatic carbocycles. The number of nitrogens with zero attached hydrogens (tertiary/aromatic N) is 1. The monoisotopic (exact) mass is 591 g/mol. The van der Waals surface area contributed by atoms with Crippen molar-refractivity contribution in [2.75, 3.05) is 11.9 Å². The summed E-state index contributed by atoms with van der Waals surface area (Å²) in [6.07, 6.45) is 11.5. The fourth-order valence-electron chi connectivity index (χ4n) is 7.59. The predicted octanol–water partition coefficient (Wildman–Crippen LogP) is 12.9. The van der Waals surface area contributed by atoms with E-state index >= 15 is 0 Å². The van der Waals surface area contributed by atoms with Crippen LogP contribution >= 0.6 is 0 Å². The van der Waals surface area contributed by atoms with Crippen LogP contribution in [0.5, 0.6) is 0 Å². The molecule has 0 spiro atoms. The molecule has 0 heterocycles. The van der Waals surface area contributed by atoms with E-state index in [4.69, 9.17) is 0 Å². The molecule has 0 aliphatic heterocycles. The van der Waals surface area contributed by atoms with Crippen molar-refractivity contribution in [3.8, 4) is 33.4 Å². The van der Waals surface area contributed by atoms with E-state index in [0.717, 1.165) is 0 Å². The normalized spacial score (nSPS) is 15.1. The molecule has 0 saturated carbocycles. The molecule has 0 N–H and O–H groups in total. The van der Waals surface area contributed by atoms with Crippen LogP contribution in [-0.2, 0) is 5.41 Å². The van der Waals surface area contributed by atoms with Gasteiger partial charge in [0, 0.05) is 23.8 Å². The molecule has 0 fully saturated rings. The zero-order chi connectivity index (χ0) is 31.2. The van der Waals surface area contributed by atoms with Crippen molar-refractivity contribution in [2.24, 2.45) is 0 Å². The van der Waals surface area contributed by atoms with Gasteiger partial charge in [-0.05, 0) is 94.6 Å². The van der Waals surface area contributed by atoms with E-state index in [1.807, 2.05) is 0 Å². The van der Waals surface area contributed by atoms with Gasteiger partial charge < -0.3 is 4.90 Å². The van der Waals surface area contributed by atoms with E-state index in [1.54, 1.807) is 11.1 Å². The number of benzene rings is 5. The fourth-order valence-corrected chi connectivity index (χ4v) is 7.59. The molecular weight excluding hydrogens is 542 g/mol. The summed E-state index contributed by atoms with van der Waals surface area (Å²) in [6.45, 7) is 6.80. The van der Waals surface area contributed by atoms with Gasteiger partial charge in [0.1, 0.15) is 0 Å². The number of aryl methyl sites for hydroxylation is 1. The zero-order valence-electron chi connectivity index (χ0n) is 27.8. The van der Waals surface area contributed by atoms with Crippen molar-refractivity contribution < 1.29 is 0 Å². The molecule has 0 radical (unpaired) electrons. The Hall–Kier alpha value is -4.10. The maximum Gasteiger partial charge on any atom is 0.0414 e. The lowest BCUT2D eigenvalue weighted by molar-refractivity contribution is 0.403. The van der Waals surface area contributed by atoms with Gasteiger partial charge in [-0.25, -0.2) is 0 Å². The Balaban J connectivity index is 1.35. The van der Waals surface area contributed by atoms with Gasteiger partial charge in [-0.3, -0.25) is 0 Å². The highest BCUT2D eigenvalue weighted by Gasteiger charge is 2.42. The summed E-state index contributed by atoms with van der Waals surface area (Å²) in [7, 11) is 2.23. The van der Waals surface area contributed by atoms with Crippen LogP contribution < -0.4 is 4.90 Å². The van der Waals surface area contributed by atoms with Gasteiger partial charge in [-0.1, -0.05) is 149 Å². The van der Waals surface area contributed by atoms with Crippen LogP contribution in [0.15, 0.2) is 115 Å². The lowest BCUT2D eigenvalue weighted by Gasteiger charge is -2.33. The number of rotatable bonds is 13. The number of hydrogen-bond donors (Lipinski definition) is 0. The molecule has 1 nitrogen and oxygen atoms in total. The maximum absolute atomic E-state index is 2.53. The average Bonchev–Trinajstić information content (AvgIpc) is 3.35.